The molecule has 1 N–H and O–H groups in total. The number of aromatic nitrogens is 3. The van der Waals surface area contributed by atoms with E-state index in [1.165, 1.54) is 0 Å². The highest BCUT2D eigenvalue weighted by molar-refractivity contribution is 5.69. The topological polar surface area (TPSA) is 72.3 Å². The van der Waals surface area contributed by atoms with E-state index in [-0.39, 0.29) is 6.09 Å². The molecule has 1 aromatic heterocycles. The summed E-state index contributed by atoms with van der Waals surface area (Å²) in [5.41, 5.74) is -0.435. The number of carbonyl (C=O) groups is 1. The Kier molecular flexibility index (Phi) is 4.80. The van der Waals surface area contributed by atoms with E-state index < -0.39 is 5.60 Å². The van der Waals surface area contributed by atoms with Crippen molar-refractivity contribution in [2.24, 2.45) is 0 Å². The van der Waals surface area contributed by atoms with Crippen LogP contribution < -0.4 is 5.32 Å². The fourth-order valence-electron chi connectivity index (χ4n) is 3.87. The molecule has 0 aromatic carbocycles. The van der Waals surface area contributed by atoms with Gasteiger partial charge in [-0.25, -0.2) is 4.79 Å². The van der Waals surface area contributed by atoms with Crippen LogP contribution in [0.25, 0.3) is 0 Å². The van der Waals surface area contributed by atoms with Gasteiger partial charge < -0.3 is 19.5 Å². The Morgan fingerprint density at radius 1 is 1.33 bits per heavy atom. The molecule has 0 aliphatic carbocycles. The third kappa shape index (κ3) is 3.71. The van der Waals surface area contributed by atoms with E-state index in [1.54, 1.807) is 6.33 Å². The molecule has 2 saturated heterocycles. The molecule has 2 aliphatic rings. The van der Waals surface area contributed by atoms with Gasteiger partial charge in [0, 0.05) is 24.7 Å². The van der Waals surface area contributed by atoms with Crippen LogP contribution in [-0.2, 0) is 17.8 Å². The maximum Gasteiger partial charge on any atom is 0.410 e. The zero-order valence-electron chi connectivity index (χ0n) is 15.2. The number of carbonyl (C=O) groups excluding carboxylic acids is 1. The summed E-state index contributed by atoms with van der Waals surface area (Å²) in [5, 5.41) is 11.8. The number of aryl methyl sites for hydroxylation is 1. The zero-order valence-corrected chi connectivity index (χ0v) is 15.2. The summed E-state index contributed by atoms with van der Waals surface area (Å²) < 4.78 is 7.64. The molecule has 24 heavy (non-hydrogen) atoms. The smallest absolute Gasteiger partial charge is 0.410 e. The average Bonchev–Trinajstić information content (AvgIpc) is 3.05. The summed E-state index contributed by atoms with van der Waals surface area (Å²) in [6.45, 7) is 9.46. The highest BCUT2D eigenvalue weighted by Gasteiger charge is 2.44. The first kappa shape index (κ1) is 17.2. The molecule has 0 radical (unpaired) electrons. The summed E-state index contributed by atoms with van der Waals surface area (Å²) in [4.78, 5) is 14.5. The molecule has 3 rings (SSSR count). The number of nitrogens with one attached hydrogen (secondary N) is 1. The van der Waals surface area contributed by atoms with E-state index in [9.17, 15) is 4.79 Å². The van der Waals surface area contributed by atoms with E-state index in [0.717, 1.165) is 44.6 Å². The minimum Gasteiger partial charge on any atom is -0.444 e. The van der Waals surface area contributed by atoms with Crippen molar-refractivity contribution in [1.29, 1.82) is 0 Å². The number of hydrogen-bond donors (Lipinski definition) is 1. The molecule has 2 fully saturated rings. The van der Waals surface area contributed by atoms with Crippen molar-refractivity contribution in [3.63, 3.8) is 0 Å². The summed E-state index contributed by atoms with van der Waals surface area (Å²) in [5.74, 6) is 0.972. The SMILES string of the molecule is CCn1cnnc1CNC1CC2CCC(C1)N2C(=O)OC(C)(C)C. The first-order valence-corrected chi connectivity index (χ1v) is 8.98. The number of fused-ring (bicyclic) bond motifs is 2. The monoisotopic (exact) mass is 335 g/mol. The van der Waals surface area contributed by atoms with Gasteiger partial charge in [-0.1, -0.05) is 0 Å². The fraction of sp³-hybridized carbons (Fsp3) is 0.824. The fourth-order valence-corrected chi connectivity index (χ4v) is 3.87. The van der Waals surface area contributed by atoms with Crippen LogP contribution in [0.3, 0.4) is 0 Å². The normalized spacial score (nSPS) is 26.7. The first-order chi connectivity index (χ1) is 11.4. The minimum absolute atomic E-state index is 0.154. The lowest BCUT2D eigenvalue weighted by atomic mass is 9.97. The first-order valence-electron chi connectivity index (χ1n) is 8.98. The van der Waals surface area contributed by atoms with Gasteiger partial charge in [-0.3, -0.25) is 0 Å². The van der Waals surface area contributed by atoms with E-state index in [2.05, 4.69) is 27.0 Å². The van der Waals surface area contributed by atoms with Gasteiger partial charge in [0.25, 0.3) is 0 Å². The standard InChI is InChI=1S/C17H29N5O2/c1-5-21-11-19-20-15(21)10-18-12-8-13-6-7-14(9-12)22(13)16(23)24-17(2,3)4/h11-14,18H,5-10H2,1-4H3. The van der Waals surface area contributed by atoms with Crippen LogP contribution >= 0.6 is 0 Å². The van der Waals surface area contributed by atoms with Crippen LogP contribution in [0, 0.1) is 0 Å². The Hall–Kier alpha value is -1.63. The Balaban J connectivity index is 1.56. The van der Waals surface area contributed by atoms with Crippen molar-refractivity contribution < 1.29 is 9.53 Å². The quantitative estimate of drug-likeness (QED) is 0.914. The lowest BCUT2D eigenvalue weighted by Gasteiger charge is -2.39. The molecule has 1 amide bonds. The molecule has 7 nitrogen and oxygen atoms in total. The lowest BCUT2D eigenvalue weighted by molar-refractivity contribution is 0.00462. The second-order valence-electron chi connectivity index (χ2n) is 7.86. The number of hydrogen-bond acceptors (Lipinski definition) is 5. The van der Waals surface area contributed by atoms with Gasteiger partial charge in [0.2, 0.25) is 0 Å². The summed E-state index contributed by atoms with van der Waals surface area (Å²) >= 11 is 0. The molecular weight excluding hydrogens is 306 g/mol. The van der Waals surface area contributed by atoms with E-state index in [0.29, 0.717) is 18.1 Å². The average molecular weight is 335 g/mol. The molecule has 2 bridgehead atoms. The second-order valence-corrected chi connectivity index (χ2v) is 7.86. The minimum atomic E-state index is -0.435. The number of ether oxygens (including phenoxy) is 1. The van der Waals surface area contributed by atoms with Gasteiger partial charge in [-0.05, 0) is 53.4 Å². The second kappa shape index (κ2) is 6.70. The van der Waals surface area contributed by atoms with Gasteiger partial charge in [-0.2, -0.15) is 0 Å². The van der Waals surface area contributed by atoms with E-state index >= 15 is 0 Å². The van der Waals surface area contributed by atoms with Crippen LogP contribution in [0.1, 0.15) is 59.2 Å². The number of amides is 1. The largest absolute Gasteiger partial charge is 0.444 e. The van der Waals surface area contributed by atoms with Crippen LogP contribution in [0.2, 0.25) is 0 Å². The van der Waals surface area contributed by atoms with E-state index in [4.69, 9.17) is 4.74 Å². The molecule has 3 heterocycles. The number of rotatable bonds is 4. The Labute approximate surface area is 143 Å². The van der Waals surface area contributed by atoms with Crippen molar-refractivity contribution in [3.05, 3.63) is 12.2 Å². The highest BCUT2D eigenvalue weighted by Crippen LogP contribution is 2.36. The number of nitrogens with zero attached hydrogens (tertiary/aromatic N) is 4. The number of piperidine rings is 1. The summed E-state index contributed by atoms with van der Waals surface area (Å²) in [6.07, 6.45) is 5.73. The lowest BCUT2D eigenvalue weighted by Crippen LogP contribution is -2.52. The van der Waals surface area contributed by atoms with Gasteiger partial charge >= 0.3 is 6.09 Å². The van der Waals surface area contributed by atoms with Crippen LogP contribution in [-0.4, -0.2) is 49.5 Å². The molecule has 0 saturated carbocycles. The van der Waals surface area contributed by atoms with Crippen molar-refractivity contribution >= 4 is 6.09 Å². The van der Waals surface area contributed by atoms with Crippen molar-refractivity contribution in [3.8, 4) is 0 Å². The van der Waals surface area contributed by atoms with Gasteiger partial charge in [0.1, 0.15) is 17.8 Å². The molecular formula is C17H29N5O2. The van der Waals surface area contributed by atoms with Crippen LogP contribution in [0.4, 0.5) is 4.79 Å². The third-order valence-corrected chi connectivity index (χ3v) is 4.92. The Morgan fingerprint density at radius 2 is 2.00 bits per heavy atom. The van der Waals surface area contributed by atoms with Crippen molar-refractivity contribution in [1.82, 2.24) is 25.0 Å². The van der Waals surface area contributed by atoms with Crippen LogP contribution in [0.5, 0.6) is 0 Å². The van der Waals surface area contributed by atoms with Crippen molar-refractivity contribution in [2.75, 3.05) is 0 Å². The zero-order chi connectivity index (χ0) is 17.3. The molecule has 2 unspecified atom stereocenters. The summed E-state index contributed by atoms with van der Waals surface area (Å²) in [6, 6.07) is 1.00. The maximum atomic E-state index is 12.5. The molecule has 134 valence electrons. The van der Waals surface area contributed by atoms with E-state index in [1.807, 2.05) is 25.7 Å². The van der Waals surface area contributed by atoms with Gasteiger partial charge in [0.15, 0.2) is 0 Å². The molecule has 0 spiro atoms. The molecule has 2 atom stereocenters. The Bertz CT molecular complexity index is 566. The van der Waals surface area contributed by atoms with Crippen LogP contribution in [0.15, 0.2) is 6.33 Å². The van der Waals surface area contributed by atoms with Gasteiger partial charge in [0.05, 0.1) is 6.54 Å². The highest BCUT2D eigenvalue weighted by atomic mass is 16.6. The van der Waals surface area contributed by atoms with Gasteiger partial charge in [-0.15, -0.1) is 10.2 Å². The molecule has 1 aromatic rings. The third-order valence-electron chi connectivity index (χ3n) is 4.92. The Morgan fingerprint density at radius 3 is 2.58 bits per heavy atom. The van der Waals surface area contributed by atoms with Crippen molar-refractivity contribution in [2.45, 2.75) is 90.2 Å². The predicted molar refractivity (Wildman–Crippen MR) is 90.4 cm³/mol. The molecule has 7 heteroatoms. The molecule has 2 aliphatic heterocycles. The predicted octanol–water partition coefficient (Wildman–Crippen LogP) is 2.32. The summed E-state index contributed by atoms with van der Waals surface area (Å²) in [7, 11) is 0. The maximum absolute atomic E-state index is 12.5.